The number of fused-ring (bicyclic) bond motifs is 6. The van der Waals surface area contributed by atoms with Gasteiger partial charge in [0.1, 0.15) is 0 Å². The van der Waals surface area contributed by atoms with Gasteiger partial charge >= 0.3 is 0 Å². The van der Waals surface area contributed by atoms with E-state index in [-0.39, 0.29) is 0 Å². The van der Waals surface area contributed by atoms with E-state index in [1.807, 2.05) is 0 Å². The van der Waals surface area contributed by atoms with Crippen LogP contribution in [0.4, 0.5) is 17.1 Å². The van der Waals surface area contributed by atoms with Crippen molar-refractivity contribution >= 4 is 70.9 Å². The first-order chi connectivity index (χ1) is 22.3. The fraction of sp³-hybridized carbons (Fsp3) is 0. The molecule has 9 aromatic carbocycles. The van der Waals surface area contributed by atoms with Crippen LogP contribution >= 0.6 is 0 Å². The molecular formula is C44H29N. The van der Waals surface area contributed by atoms with Gasteiger partial charge in [0.15, 0.2) is 0 Å². The van der Waals surface area contributed by atoms with E-state index in [4.69, 9.17) is 0 Å². The quantitative estimate of drug-likeness (QED) is 0.150. The highest BCUT2D eigenvalue weighted by Crippen LogP contribution is 2.49. The first-order valence-corrected chi connectivity index (χ1v) is 15.5. The molecule has 0 fully saturated rings. The lowest BCUT2D eigenvalue weighted by molar-refractivity contribution is 1.31. The minimum Gasteiger partial charge on any atom is -0.309 e. The van der Waals surface area contributed by atoms with Crippen LogP contribution in [0.25, 0.3) is 65.0 Å². The van der Waals surface area contributed by atoms with Crippen LogP contribution in [-0.2, 0) is 0 Å². The Hall–Kier alpha value is -5.92. The standard InChI is InChI=1S/C44H29N/c1-3-17-33(18-4-1)45(34-19-5-2-6-20-34)44-39-25-13-11-23-37(39)43(38-24-12-14-26-40(38)44)42-29-32-27-30-15-7-8-16-31(30)28-41(32)35-21-9-10-22-36(35)42/h1-29H. The fourth-order valence-corrected chi connectivity index (χ4v) is 7.20. The van der Waals surface area contributed by atoms with Gasteiger partial charge in [0.25, 0.3) is 0 Å². The summed E-state index contributed by atoms with van der Waals surface area (Å²) in [6.07, 6.45) is 0. The van der Waals surface area contributed by atoms with Crippen molar-refractivity contribution in [2.24, 2.45) is 0 Å². The smallest absolute Gasteiger partial charge is 0.0618 e. The number of anilines is 3. The van der Waals surface area contributed by atoms with Crippen LogP contribution in [0, 0.1) is 0 Å². The monoisotopic (exact) mass is 571 g/mol. The summed E-state index contributed by atoms with van der Waals surface area (Å²) in [5.74, 6) is 0. The molecule has 0 saturated carbocycles. The molecule has 0 radical (unpaired) electrons. The van der Waals surface area contributed by atoms with Gasteiger partial charge in [0.05, 0.1) is 5.69 Å². The minimum atomic E-state index is 1.13. The van der Waals surface area contributed by atoms with Crippen LogP contribution in [0.5, 0.6) is 0 Å². The lowest BCUT2D eigenvalue weighted by Gasteiger charge is -2.29. The maximum absolute atomic E-state index is 2.42. The maximum atomic E-state index is 2.42. The second-order valence-corrected chi connectivity index (χ2v) is 11.7. The van der Waals surface area contributed by atoms with Crippen molar-refractivity contribution < 1.29 is 0 Å². The lowest BCUT2D eigenvalue weighted by atomic mass is 9.86. The lowest BCUT2D eigenvalue weighted by Crippen LogP contribution is -2.11. The highest BCUT2D eigenvalue weighted by molar-refractivity contribution is 6.26. The molecule has 1 heteroatoms. The van der Waals surface area contributed by atoms with E-state index in [0.717, 1.165) is 11.4 Å². The van der Waals surface area contributed by atoms with Crippen LogP contribution in [0.3, 0.4) is 0 Å². The Bertz CT molecular complexity index is 2430. The molecule has 0 saturated heterocycles. The van der Waals surface area contributed by atoms with E-state index in [9.17, 15) is 0 Å². The Labute approximate surface area is 262 Å². The topological polar surface area (TPSA) is 3.24 Å². The fourth-order valence-electron chi connectivity index (χ4n) is 7.20. The first kappa shape index (κ1) is 25.6. The van der Waals surface area contributed by atoms with Gasteiger partial charge in [0, 0.05) is 22.1 Å². The largest absolute Gasteiger partial charge is 0.309 e. The summed E-state index contributed by atoms with van der Waals surface area (Å²) in [7, 11) is 0. The molecule has 0 N–H and O–H groups in total. The molecule has 1 nitrogen and oxygen atoms in total. The van der Waals surface area contributed by atoms with Gasteiger partial charge in [-0.1, -0.05) is 133 Å². The van der Waals surface area contributed by atoms with Crippen molar-refractivity contribution in [2.45, 2.75) is 0 Å². The zero-order chi connectivity index (χ0) is 29.7. The third kappa shape index (κ3) is 4.09. The predicted molar refractivity (Wildman–Crippen MR) is 194 cm³/mol. The van der Waals surface area contributed by atoms with E-state index in [1.165, 1.54) is 70.7 Å². The van der Waals surface area contributed by atoms with Crippen molar-refractivity contribution in [3.05, 3.63) is 176 Å². The van der Waals surface area contributed by atoms with Crippen molar-refractivity contribution in [1.82, 2.24) is 0 Å². The summed E-state index contributed by atoms with van der Waals surface area (Å²) >= 11 is 0. The van der Waals surface area contributed by atoms with Gasteiger partial charge in [-0.2, -0.15) is 0 Å². The molecule has 0 bridgehead atoms. The summed E-state index contributed by atoms with van der Waals surface area (Å²) in [4.78, 5) is 2.42. The maximum Gasteiger partial charge on any atom is 0.0618 e. The van der Waals surface area contributed by atoms with Crippen LogP contribution in [-0.4, -0.2) is 0 Å². The third-order valence-corrected chi connectivity index (χ3v) is 9.15. The van der Waals surface area contributed by atoms with Gasteiger partial charge in [-0.05, 0) is 96.7 Å². The summed E-state index contributed by atoms with van der Waals surface area (Å²) in [5, 5.41) is 12.6. The molecule has 0 aromatic heterocycles. The van der Waals surface area contributed by atoms with Crippen LogP contribution in [0.15, 0.2) is 176 Å². The molecule has 0 spiro atoms. The molecule has 45 heavy (non-hydrogen) atoms. The highest BCUT2D eigenvalue weighted by Gasteiger charge is 2.23. The molecule has 9 aromatic rings. The number of hydrogen-bond donors (Lipinski definition) is 0. The molecule has 0 aliphatic heterocycles. The third-order valence-electron chi connectivity index (χ3n) is 9.15. The van der Waals surface area contributed by atoms with E-state index in [2.05, 4.69) is 181 Å². The van der Waals surface area contributed by atoms with Gasteiger partial charge in [-0.25, -0.2) is 0 Å². The van der Waals surface area contributed by atoms with Gasteiger partial charge in [-0.15, -0.1) is 0 Å². The number of nitrogens with zero attached hydrogens (tertiary/aromatic N) is 1. The van der Waals surface area contributed by atoms with Gasteiger partial charge in [-0.3, -0.25) is 0 Å². The average molecular weight is 572 g/mol. The number of hydrogen-bond acceptors (Lipinski definition) is 1. The second-order valence-electron chi connectivity index (χ2n) is 11.7. The summed E-state index contributed by atoms with van der Waals surface area (Å²) < 4.78 is 0. The molecule has 0 aliphatic carbocycles. The van der Waals surface area contributed by atoms with Crippen molar-refractivity contribution in [3.63, 3.8) is 0 Å². The van der Waals surface area contributed by atoms with Crippen molar-refractivity contribution in [2.75, 3.05) is 4.90 Å². The zero-order valence-electron chi connectivity index (χ0n) is 24.7. The molecule has 0 atom stereocenters. The van der Waals surface area contributed by atoms with Crippen LogP contribution in [0.2, 0.25) is 0 Å². The van der Waals surface area contributed by atoms with E-state index in [0.29, 0.717) is 0 Å². The van der Waals surface area contributed by atoms with E-state index >= 15 is 0 Å². The molecule has 0 unspecified atom stereocenters. The highest BCUT2D eigenvalue weighted by atomic mass is 15.1. The SMILES string of the molecule is c1ccc(N(c2ccccc2)c2c3ccccc3c(-c3cc4cc5ccccc5cc4c4ccccc34)c3ccccc23)cc1. The Balaban J connectivity index is 1.44. The Kier molecular flexibility index (Phi) is 5.89. The van der Waals surface area contributed by atoms with Gasteiger partial charge in [0.2, 0.25) is 0 Å². The molecule has 0 heterocycles. The Morgan fingerprint density at radius 1 is 0.289 bits per heavy atom. The molecule has 210 valence electrons. The van der Waals surface area contributed by atoms with E-state index < -0.39 is 0 Å². The zero-order valence-corrected chi connectivity index (χ0v) is 24.7. The Morgan fingerprint density at radius 3 is 1.31 bits per heavy atom. The first-order valence-electron chi connectivity index (χ1n) is 15.5. The second kappa shape index (κ2) is 10.4. The number of rotatable bonds is 4. The molecule has 0 aliphatic rings. The van der Waals surface area contributed by atoms with Crippen LogP contribution in [0.1, 0.15) is 0 Å². The molecular weight excluding hydrogens is 542 g/mol. The average Bonchev–Trinajstić information content (AvgIpc) is 3.11. The van der Waals surface area contributed by atoms with Crippen molar-refractivity contribution in [3.8, 4) is 11.1 Å². The van der Waals surface area contributed by atoms with Crippen LogP contribution < -0.4 is 4.90 Å². The molecule has 9 rings (SSSR count). The van der Waals surface area contributed by atoms with E-state index in [1.54, 1.807) is 0 Å². The number of benzene rings is 9. The van der Waals surface area contributed by atoms with Crippen molar-refractivity contribution in [1.29, 1.82) is 0 Å². The summed E-state index contributed by atoms with van der Waals surface area (Å²) in [6, 6.07) is 64.0. The minimum absolute atomic E-state index is 1.13. The summed E-state index contributed by atoms with van der Waals surface area (Å²) in [5.41, 5.74) is 6.00. The summed E-state index contributed by atoms with van der Waals surface area (Å²) in [6.45, 7) is 0. The molecule has 0 amide bonds. The Morgan fingerprint density at radius 2 is 0.733 bits per heavy atom. The normalized spacial score (nSPS) is 11.6. The predicted octanol–water partition coefficient (Wildman–Crippen LogP) is 12.6. The van der Waals surface area contributed by atoms with Gasteiger partial charge < -0.3 is 4.90 Å². The number of para-hydroxylation sites is 2.